The highest BCUT2D eigenvalue weighted by Gasteiger charge is 2.16. The van der Waals surface area contributed by atoms with Gasteiger partial charge in [-0.1, -0.05) is 65.7 Å². The van der Waals surface area contributed by atoms with Crippen LogP contribution < -0.4 is 16.0 Å². The first-order chi connectivity index (χ1) is 19.3. The van der Waals surface area contributed by atoms with Gasteiger partial charge in [0.25, 0.3) is 11.8 Å². The molecule has 0 spiro atoms. The summed E-state index contributed by atoms with van der Waals surface area (Å²) in [6, 6.07) is 26.1. The Hall–Kier alpha value is -4.11. The van der Waals surface area contributed by atoms with Gasteiger partial charge in [-0.15, -0.1) is 11.8 Å². The third kappa shape index (κ3) is 7.95. The fourth-order valence-corrected chi connectivity index (χ4v) is 4.50. The van der Waals surface area contributed by atoms with Crippen molar-refractivity contribution in [1.29, 1.82) is 0 Å². The zero-order valence-corrected chi connectivity index (χ0v) is 23.1. The van der Waals surface area contributed by atoms with Crippen molar-refractivity contribution in [2.75, 3.05) is 16.4 Å². The van der Waals surface area contributed by atoms with E-state index in [-0.39, 0.29) is 27.9 Å². The SMILES string of the molecule is O=C(CSc1ccc(NC(=O)/C(=C/c2ccccc2F)NC(=O)c2ccccc2)cc1)Nc1cccc(Cl)c1Cl. The number of benzene rings is 4. The molecule has 0 heterocycles. The molecule has 6 nitrogen and oxygen atoms in total. The molecule has 3 N–H and O–H groups in total. The van der Waals surface area contributed by atoms with Gasteiger partial charge in [0.15, 0.2) is 0 Å². The van der Waals surface area contributed by atoms with Crippen LogP contribution in [0.2, 0.25) is 10.0 Å². The summed E-state index contributed by atoms with van der Waals surface area (Å²) in [4.78, 5) is 39.0. The van der Waals surface area contributed by atoms with Gasteiger partial charge < -0.3 is 16.0 Å². The van der Waals surface area contributed by atoms with Gasteiger partial charge in [-0.25, -0.2) is 4.39 Å². The van der Waals surface area contributed by atoms with E-state index in [0.717, 1.165) is 4.90 Å². The van der Waals surface area contributed by atoms with E-state index in [9.17, 15) is 18.8 Å². The fraction of sp³-hybridized carbons (Fsp3) is 0.0333. The second kappa shape index (κ2) is 13.8. The molecule has 0 atom stereocenters. The van der Waals surface area contributed by atoms with Crippen LogP contribution in [0, 0.1) is 5.82 Å². The molecule has 0 aliphatic carbocycles. The molecule has 3 amide bonds. The van der Waals surface area contributed by atoms with Gasteiger partial charge in [-0.3, -0.25) is 14.4 Å². The van der Waals surface area contributed by atoms with Gasteiger partial charge in [0.2, 0.25) is 5.91 Å². The minimum Gasteiger partial charge on any atom is -0.324 e. The van der Waals surface area contributed by atoms with Crippen molar-refractivity contribution in [3.8, 4) is 0 Å². The molecule has 0 aliphatic heterocycles. The molecule has 4 aromatic carbocycles. The van der Waals surface area contributed by atoms with Crippen molar-refractivity contribution in [3.63, 3.8) is 0 Å². The number of hydrogen-bond donors (Lipinski definition) is 3. The summed E-state index contributed by atoms with van der Waals surface area (Å²) in [5.74, 6) is -1.82. The molecule has 0 unspecified atom stereocenters. The molecule has 0 radical (unpaired) electrons. The molecule has 0 fully saturated rings. The third-order valence-corrected chi connectivity index (χ3v) is 7.27. The molecule has 4 rings (SSSR count). The van der Waals surface area contributed by atoms with E-state index < -0.39 is 17.6 Å². The lowest BCUT2D eigenvalue weighted by molar-refractivity contribution is -0.114. The van der Waals surface area contributed by atoms with Crippen molar-refractivity contribution in [2.45, 2.75) is 4.90 Å². The molecule has 0 bridgehead atoms. The molecule has 4 aromatic rings. The van der Waals surface area contributed by atoms with E-state index in [1.807, 2.05) is 0 Å². The quantitative estimate of drug-likeness (QED) is 0.141. The number of hydrogen-bond acceptors (Lipinski definition) is 4. The maximum absolute atomic E-state index is 14.3. The Balaban J connectivity index is 1.41. The highest BCUT2D eigenvalue weighted by atomic mass is 35.5. The molecule has 202 valence electrons. The topological polar surface area (TPSA) is 87.3 Å². The zero-order valence-electron chi connectivity index (χ0n) is 20.8. The summed E-state index contributed by atoms with van der Waals surface area (Å²) in [6.07, 6.45) is 1.28. The second-order valence-electron chi connectivity index (χ2n) is 8.32. The Morgan fingerprint density at radius 1 is 0.800 bits per heavy atom. The van der Waals surface area contributed by atoms with Crippen LogP contribution in [0.1, 0.15) is 15.9 Å². The standard InChI is InChI=1S/C30H22Cl2FN3O3S/c31-23-10-6-12-25(28(23)32)35-27(37)18-40-22-15-13-21(14-16-22)34-30(39)26(17-20-9-4-5-11-24(20)33)36-29(38)19-7-2-1-3-8-19/h1-17H,18H2,(H,34,39)(H,35,37)(H,36,38)/b26-17-. The van der Waals surface area contributed by atoms with Crippen LogP contribution >= 0.6 is 35.0 Å². The minimum atomic E-state index is -0.634. The van der Waals surface area contributed by atoms with E-state index in [1.165, 1.54) is 36.0 Å². The minimum absolute atomic E-state index is 0.121. The molecular weight excluding hydrogens is 572 g/mol. The largest absolute Gasteiger partial charge is 0.324 e. The van der Waals surface area contributed by atoms with Crippen molar-refractivity contribution >= 4 is 70.1 Å². The zero-order chi connectivity index (χ0) is 28.5. The van der Waals surface area contributed by atoms with E-state index in [2.05, 4.69) is 16.0 Å². The van der Waals surface area contributed by atoms with Crippen LogP contribution in [0.4, 0.5) is 15.8 Å². The van der Waals surface area contributed by atoms with Gasteiger partial charge in [0.1, 0.15) is 11.5 Å². The maximum Gasteiger partial charge on any atom is 0.272 e. The Kier molecular flexibility index (Phi) is 9.96. The summed E-state index contributed by atoms with van der Waals surface area (Å²) < 4.78 is 14.3. The number of amides is 3. The van der Waals surface area contributed by atoms with Crippen molar-refractivity contribution in [3.05, 3.63) is 130 Å². The first kappa shape index (κ1) is 28.9. The van der Waals surface area contributed by atoms with Crippen molar-refractivity contribution < 1.29 is 18.8 Å². The van der Waals surface area contributed by atoms with Crippen LogP contribution in [0.3, 0.4) is 0 Å². The van der Waals surface area contributed by atoms with Gasteiger partial charge in [-0.2, -0.15) is 0 Å². The van der Waals surface area contributed by atoms with Gasteiger partial charge >= 0.3 is 0 Å². The van der Waals surface area contributed by atoms with Gasteiger partial charge in [0, 0.05) is 21.7 Å². The van der Waals surface area contributed by atoms with Crippen molar-refractivity contribution in [1.82, 2.24) is 5.32 Å². The molecule has 0 saturated heterocycles. The van der Waals surface area contributed by atoms with Crippen LogP contribution in [0.25, 0.3) is 6.08 Å². The summed E-state index contributed by atoms with van der Waals surface area (Å²) in [6.45, 7) is 0. The van der Waals surface area contributed by atoms with Gasteiger partial charge in [0.05, 0.1) is 21.5 Å². The Morgan fingerprint density at radius 2 is 1.50 bits per heavy atom. The van der Waals surface area contributed by atoms with Gasteiger partial charge in [-0.05, 0) is 60.7 Å². The first-order valence-electron chi connectivity index (χ1n) is 11.9. The lowest BCUT2D eigenvalue weighted by Crippen LogP contribution is -2.30. The number of thioether (sulfide) groups is 1. The molecule has 10 heteroatoms. The number of rotatable bonds is 9. The normalized spacial score (nSPS) is 11.0. The van der Waals surface area contributed by atoms with Crippen LogP contribution in [-0.4, -0.2) is 23.5 Å². The number of anilines is 2. The highest BCUT2D eigenvalue weighted by Crippen LogP contribution is 2.30. The third-order valence-electron chi connectivity index (χ3n) is 5.44. The molecule has 40 heavy (non-hydrogen) atoms. The van der Waals surface area contributed by atoms with E-state index in [0.29, 0.717) is 22.0 Å². The average Bonchev–Trinajstić information content (AvgIpc) is 2.96. The van der Waals surface area contributed by atoms with E-state index in [4.69, 9.17) is 23.2 Å². The lowest BCUT2D eigenvalue weighted by atomic mass is 10.1. The van der Waals surface area contributed by atoms with Crippen molar-refractivity contribution in [2.24, 2.45) is 0 Å². The molecule has 0 aromatic heterocycles. The predicted octanol–water partition coefficient (Wildman–Crippen LogP) is 7.27. The first-order valence-corrected chi connectivity index (χ1v) is 13.6. The molecule has 0 aliphatic rings. The van der Waals surface area contributed by atoms with E-state index in [1.54, 1.807) is 78.9 Å². The van der Waals surface area contributed by atoms with Crippen LogP contribution in [0.5, 0.6) is 0 Å². The van der Waals surface area contributed by atoms with Crippen LogP contribution in [0.15, 0.2) is 108 Å². The van der Waals surface area contributed by atoms with Crippen LogP contribution in [-0.2, 0) is 9.59 Å². The maximum atomic E-state index is 14.3. The Labute approximate surface area is 244 Å². The Morgan fingerprint density at radius 3 is 2.23 bits per heavy atom. The molecule has 0 saturated carbocycles. The lowest BCUT2D eigenvalue weighted by Gasteiger charge is -2.12. The summed E-state index contributed by atoms with van der Waals surface area (Å²) in [5, 5.41) is 8.63. The average molecular weight is 594 g/mol. The second-order valence-corrected chi connectivity index (χ2v) is 10.2. The Bertz CT molecular complexity index is 1560. The monoisotopic (exact) mass is 593 g/mol. The fourth-order valence-electron chi connectivity index (χ4n) is 3.46. The number of halogens is 3. The number of nitrogens with one attached hydrogen (secondary N) is 3. The highest BCUT2D eigenvalue weighted by molar-refractivity contribution is 8.00. The number of carbonyl (C=O) groups is 3. The summed E-state index contributed by atoms with van der Waals surface area (Å²) >= 11 is 13.4. The summed E-state index contributed by atoms with van der Waals surface area (Å²) in [5.41, 5.74) is 1.23. The summed E-state index contributed by atoms with van der Waals surface area (Å²) in [7, 11) is 0. The van der Waals surface area contributed by atoms with E-state index >= 15 is 0 Å². The molecular formula is C30H22Cl2FN3O3S. The smallest absolute Gasteiger partial charge is 0.272 e. The number of carbonyl (C=O) groups excluding carboxylic acids is 3. The predicted molar refractivity (Wildman–Crippen MR) is 159 cm³/mol.